The van der Waals surface area contributed by atoms with E-state index in [2.05, 4.69) is 42.1 Å². The van der Waals surface area contributed by atoms with Crippen molar-refractivity contribution in [1.29, 1.82) is 0 Å². The Morgan fingerprint density at radius 2 is 1.68 bits per heavy atom. The number of methoxy groups -OCH3 is 1. The minimum Gasteiger partial charge on any atom is -0.496 e. The highest BCUT2D eigenvalue weighted by atomic mass is 16.5. The minimum absolute atomic E-state index is 0.629. The Morgan fingerprint density at radius 3 is 2.21 bits per heavy atom. The zero-order chi connectivity index (χ0) is 14.0. The molecule has 0 amide bonds. The molecule has 0 atom stereocenters. The van der Waals surface area contributed by atoms with Gasteiger partial charge in [-0.15, -0.1) is 0 Å². The van der Waals surface area contributed by atoms with E-state index in [0.717, 1.165) is 16.9 Å². The van der Waals surface area contributed by atoms with Crippen LogP contribution in [-0.4, -0.2) is 24.1 Å². The number of ether oxygens (including phenoxy) is 1. The molecule has 1 heterocycles. The molecule has 2 aromatic rings. The highest BCUT2D eigenvalue weighted by Crippen LogP contribution is 2.33. The van der Waals surface area contributed by atoms with Gasteiger partial charge >= 0.3 is 0 Å². The Balaban J connectivity index is 2.58. The molecule has 4 heteroatoms. The van der Waals surface area contributed by atoms with Crippen molar-refractivity contribution in [2.45, 2.75) is 20.8 Å². The van der Waals surface area contributed by atoms with E-state index in [1.165, 1.54) is 16.7 Å². The molecule has 0 radical (unpaired) electrons. The first kappa shape index (κ1) is 13.3. The zero-order valence-corrected chi connectivity index (χ0v) is 12.0. The molecule has 0 unspecified atom stereocenters. The number of aryl methyl sites for hydroxylation is 1. The van der Waals surface area contributed by atoms with E-state index in [0.29, 0.717) is 5.95 Å². The number of anilines is 1. The van der Waals surface area contributed by atoms with Crippen LogP contribution in [0.25, 0.3) is 11.1 Å². The first-order chi connectivity index (χ1) is 9.08. The topological polar surface area (TPSA) is 47.0 Å². The van der Waals surface area contributed by atoms with Crippen molar-refractivity contribution >= 4 is 5.95 Å². The Bertz CT molecular complexity index is 591. The SMILES string of the molecule is CNc1ncc(-c2c(C)cc(OC)c(C)c2C)cn1. The van der Waals surface area contributed by atoms with Crippen LogP contribution in [0.3, 0.4) is 0 Å². The van der Waals surface area contributed by atoms with Crippen LogP contribution in [0.15, 0.2) is 18.5 Å². The molecular formula is C15H19N3O. The fourth-order valence-corrected chi connectivity index (χ4v) is 2.29. The Hall–Kier alpha value is -2.10. The molecule has 1 aromatic carbocycles. The third-order valence-corrected chi connectivity index (χ3v) is 3.43. The second-order valence-electron chi connectivity index (χ2n) is 4.57. The van der Waals surface area contributed by atoms with Crippen LogP contribution in [0.2, 0.25) is 0 Å². The zero-order valence-electron chi connectivity index (χ0n) is 12.0. The molecule has 0 fully saturated rings. The van der Waals surface area contributed by atoms with Gasteiger partial charge in [-0.1, -0.05) is 0 Å². The summed E-state index contributed by atoms with van der Waals surface area (Å²) in [7, 11) is 3.51. The van der Waals surface area contributed by atoms with Crippen molar-refractivity contribution in [1.82, 2.24) is 9.97 Å². The molecule has 0 aliphatic rings. The predicted molar refractivity (Wildman–Crippen MR) is 77.8 cm³/mol. The van der Waals surface area contributed by atoms with Gasteiger partial charge in [0.2, 0.25) is 5.95 Å². The fourth-order valence-electron chi connectivity index (χ4n) is 2.29. The molecule has 0 saturated carbocycles. The predicted octanol–water partition coefficient (Wildman–Crippen LogP) is 3.12. The molecule has 2 rings (SSSR count). The average Bonchev–Trinajstić information content (AvgIpc) is 2.43. The Labute approximate surface area is 113 Å². The molecule has 4 nitrogen and oxygen atoms in total. The fraction of sp³-hybridized carbons (Fsp3) is 0.333. The lowest BCUT2D eigenvalue weighted by Crippen LogP contribution is -1.99. The summed E-state index contributed by atoms with van der Waals surface area (Å²) in [6, 6.07) is 2.06. The van der Waals surface area contributed by atoms with Gasteiger partial charge in [-0.2, -0.15) is 0 Å². The van der Waals surface area contributed by atoms with Crippen LogP contribution in [0.1, 0.15) is 16.7 Å². The monoisotopic (exact) mass is 257 g/mol. The second-order valence-corrected chi connectivity index (χ2v) is 4.57. The quantitative estimate of drug-likeness (QED) is 0.917. The van der Waals surface area contributed by atoms with Gasteiger partial charge in [0.25, 0.3) is 0 Å². The van der Waals surface area contributed by atoms with E-state index >= 15 is 0 Å². The summed E-state index contributed by atoms with van der Waals surface area (Å²) in [5, 5.41) is 2.92. The Kier molecular flexibility index (Phi) is 3.69. The van der Waals surface area contributed by atoms with Crippen LogP contribution in [0, 0.1) is 20.8 Å². The molecule has 19 heavy (non-hydrogen) atoms. The first-order valence-corrected chi connectivity index (χ1v) is 6.23. The van der Waals surface area contributed by atoms with Gasteiger partial charge < -0.3 is 10.1 Å². The number of rotatable bonds is 3. The number of nitrogens with one attached hydrogen (secondary N) is 1. The third kappa shape index (κ3) is 2.38. The lowest BCUT2D eigenvalue weighted by Gasteiger charge is -2.16. The number of benzene rings is 1. The molecule has 0 aliphatic carbocycles. The number of nitrogens with zero attached hydrogens (tertiary/aromatic N) is 2. The summed E-state index contributed by atoms with van der Waals surface area (Å²) < 4.78 is 5.39. The van der Waals surface area contributed by atoms with Crippen LogP contribution in [-0.2, 0) is 0 Å². The Morgan fingerprint density at radius 1 is 1.05 bits per heavy atom. The van der Waals surface area contributed by atoms with Crippen molar-refractivity contribution in [3.05, 3.63) is 35.2 Å². The van der Waals surface area contributed by atoms with Crippen molar-refractivity contribution in [3.63, 3.8) is 0 Å². The maximum absolute atomic E-state index is 5.39. The summed E-state index contributed by atoms with van der Waals surface area (Å²) in [6.45, 7) is 6.25. The van der Waals surface area contributed by atoms with E-state index in [1.807, 2.05) is 19.4 Å². The van der Waals surface area contributed by atoms with Gasteiger partial charge in [-0.25, -0.2) is 9.97 Å². The lowest BCUT2D eigenvalue weighted by molar-refractivity contribution is 0.411. The third-order valence-electron chi connectivity index (χ3n) is 3.43. The molecule has 0 spiro atoms. The second kappa shape index (κ2) is 5.26. The van der Waals surface area contributed by atoms with E-state index in [4.69, 9.17) is 4.74 Å². The number of hydrogen-bond acceptors (Lipinski definition) is 4. The van der Waals surface area contributed by atoms with E-state index in [1.54, 1.807) is 7.11 Å². The smallest absolute Gasteiger partial charge is 0.222 e. The summed E-state index contributed by atoms with van der Waals surface area (Å²) in [4.78, 5) is 8.55. The van der Waals surface area contributed by atoms with Crippen LogP contribution in [0.4, 0.5) is 5.95 Å². The van der Waals surface area contributed by atoms with Crippen molar-refractivity contribution in [2.75, 3.05) is 19.5 Å². The molecule has 0 saturated heterocycles. The van der Waals surface area contributed by atoms with E-state index in [9.17, 15) is 0 Å². The largest absolute Gasteiger partial charge is 0.496 e. The van der Waals surface area contributed by atoms with Crippen molar-refractivity contribution in [3.8, 4) is 16.9 Å². The van der Waals surface area contributed by atoms with E-state index < -0.39 is 0 Å². The molecule has 0 bridgehead atoms. The van der Waals surface area contributed by atoms with Gasteiger partial charge in [0, 0.05) is 25.0 Å². The lowest BCUT2D eigenvalue weighted by atomic mass is 9.93. The van der Waals surface area contributed by atoms with Gasteiger partial charge in [0.1, 0.15) is 5.75 Å². The maximum Gasteiger partial charge on any atom is 0.222 e. The average molecular weight is 257 g/mol. The van der Waals surface area contributed by atoms with Crippen molar-refractivity contribution < 1.29 is 4.74 Å². The van der Waals surface area contributed by atoms with Crippen LogP contribution >= 0.6 is 0 Å². The summed E-state index contributed by atoms with van der Waals surface area (Å²) in [5.41, 5.74) is 5.74. The normalized spacial score (nSPS) is 10.4. The van der Waals surface area contributed by atoms with Gasteiger partial charge in [-0.3, -0.25) is 0 Å². The molecular weight excluding hydrogens is 238 g/mol. The highest BCUT2D eigenvalue weighted by Gasteiger charge is 2.13. The maximum atomic E-state index is 5.39. The number of aromatic nitrogens is 2. The van der Waals surface area contributed by atoms with Gasteiger partial charge in [-0.05, 0) is 49.1 Å². The highest BCUT2D eigenvalue weighted by molar-refractivity contribution is 5.73. The molecule has 1 aromatic heterocycles. The van der Waals surface area contributed by atoms with Crippen LogP contribution < -0.4 is 10.1 Å². The minimum atomic E-state index is 0.629. The van der Waals surface area contributed by atoms with Gasteiger partial charge in [0.05, 0.1) is 7.11 Å². The van der Waals surface area contributed by atoms with Gasteiger partial charge in [0.15, 0.2) is 0 Å². The van der Waals surface area contributed by atoms with Crippen molar-refractivity contribution in [2.24, 2.45) is 0 Å². The standard InChI is InChI=1S/C15H19N3O/c1-9-6-13(19-5)10(2)11(3)14(9)12-7-17-15(16-4)18-8-12/h6-8H,1-5H3,(H,16,17,18). The van der Waals surface area contributed by atoms with Crippen LogP contribution in [0.5, 0.6) is 5.75 Å². The summed E-state index contributed by atoms with van der Waals surface area (Å²) in [6.07, 6.45) is 3.69. The molecule has 100 valence electrons. The molecule has 1 N–H and O–H groups in total. The molecule has 0 aliphatic heterocycles. The summed E-state index contributed by atoms with van der Waals surface area (Å²) in [5.74, 6) is 1.55. The van der Waals surface area contributed by atoms with E-state index in [-0.39, 0.29) is 0 Å². The first-order valence-electron chi connectivity index (χ1n) is 6.23. The summed E-state index contributed by atoms with van der Waals surface area (Å²) >= 11 is 0. The number of hydrogen-bond donors (Lipinski definition) is 1.